The molecule has 0 radical (unpaired) electrons. The van der Waals surface area contributed by atoms with Gasteiger partial charge in [0.15, 0.2) is 5.82 Å². The zero-order valence-electron chi connectivity index (χ0n) is 13.7. The minimum atomic E-state index is -0.156. The first-order valence-electron chi connectivity index (χ1n) is 8.13. The van der Waals surface area contributed by atoms with E-state index in [9.17, 15) is 4.79 Å². The third-order valence-electron chi connectivity index (χ3n) is 4.00. The first kappa shape index (κ1) is 16.7. The quantitative estimate of drug-likeness (QED) is 0.898. The van der Waals surface area contributed by atoms with Crippen LogP contribution in [0, 0.1) is 6.92 Å². The molecule has 0 saturated carbocycles. The van der Waals surface area contributed by atoms with Crippen molar-refractivity contribution in [2.45, 2.75) is 13.3 Å². The van der Waals surface area contributed by atoms with Crippen LogP contribution in [0.15, 0.2) is 36.5 Å². The average molecular weight is 345 g/mol. The molecule has 0 unspecified atom stereocenters. The third kappa shape index (κ3) is 4.04. The van der Waals surface area contributed by atoms with Crippen LogP contribution in [-0.4, -0.2) is 37.1 Å². The van der Waals surface area contributed by atoms with E-state index in [4.69, 9.17) is 11.6 Å². The van der Waals surface area contributed by atoms with Gasteiger partial charge in [0, 0.05) is 31.4 Å². The van der Waals surface area contributed by atoms with Gasteiger partial charge in [0.2, 0.25) is 0 Å². The number of aromatic nitrogens is 1. The summed E-state index contributed by atoms with van der Waals surface area (Å²) in [5, 5.41) is 6.84. The van der Waals surface area contributed by atoms with E-state index in [1.54, 1.807) is 18.3 Å². The molecule has 1 fully saturated rings. The summed E-state index contributed by atoms with van der Waals surface area (Å²) in [5.41, 5.74) is 2.32. The molecule has 6 heteroatoms. The van der Waals surface area contributed by atoms with Crippen LogP contribution < -0.4 is 15.5 Å². The van der Waals surface area contributed by atoms with Gasteiger partial charge in [0.05, 0.1) is 10.7 Å². The van der Waals surface area contributed by atoms with Crippen molar-refractivity contribution in [3.63, 3.8) is 0 Å². The number of hydrogen-bond acceptors (Lipinski definition) is 4. The highest BCUT2D eigenvalue weighted by Gasteiger charge is 2.17. The van der Waals surface area contributed by atoms with E-state index in [1.165, 1.54) is 0 Å². The van der Waals surface area contributed by atoms with E-state index in [-0.39, 0.29) is 5.91 Å². The fourth-order valence-electron chi connectivity index (χ4n) is 2.81. The number of pyridine rings is 1. The van der Waals surface area contributed by atoms with Gasteiger partial charge in [-0.2, -0.15) is 0 Å². The zero-order chi connectivity index (χ0) is 16.9. The van der Waals surface area contributed by atoms with E-state index in [0.29, 0.717) is 16.3 Å². The smallest absolute Gasteiger partial charge is 0.255 e. The Hall–Kier alpha value is -2.11. The molecule has 0 atom stereocenters. The second-order valence-electron chi connectivity index (χ2n) is 5.94. The molecule has 2 aromatic rings. The monoisotopic (exact) mass is 344 g/mol. The Morgan fingerprint density at radius 3 is 3.00 bits per heavy atom. The molecule has 1 saturated heterocycles. The van der Waals surface area contributed by atoms with Crippen LogP contribution in [0.5, 0.6) is 0 Å². The molecule has 1 aliphatic heterocycles. The van der Waals surface area contributed by atoms with Crippen molar-refractivity contribution in [3.05, 3.63) is 52.7 Å². The maximum Gasteiger partial charge on any atom is 0.255 e. The van der Waals surface area contributed by atoms with E-state index < -0.39 is 0 Å². The van der Waals surface area contributed by atoms with Crippen molar-refractivity contribution in [1.82, 2.24) is 10.3 Å². The molecular formula is C18H21ClN4O. The normalized spacial score (nSPS) is 15.0. The number of carbonyl (C=O) groups is 1. The summed E-state index contributed by atoms with van der Waals surface area (Å²) in [6, 6.07) is 9.27. The van der Waals surface area contributed by atoms with E-state index in [2.05, 4.69) is 20.5 Å². The van der Waals surface area contributed by atoms with Crippen LogP contribution >= 0.6 is 11.6 Å². The van der Waals surface area contributed by atoms with Gasteiger partial charge in [-0.3, -0.25) is 4.79 Å². The van der Waals surface area contributed by atoms with Crippen LogP contribution in [0.3, 0.4) is 0 Å². The van der Waals surface area contributed by atoms with Crippen LogP contribution in [0.25, 0.3) is 0 Å². The van der Waals surface area contributed by atoms with Crippen molar-refractivity contribution < 1.29 is 4.79 Å². The first-order chi connectivity index (χ1) is 11.6. The van der Waals surface area contributed by atoms with Gasteiger partial charge < -0.3 is 15.5 Å². The van der Waals surface area contributed by atoms with Crippen LogP contribution in [-0.2, 0) is 0 Å². The molecule has 1 aromatic heterocycles. The fraction of sp³-hybridized carbons (Fsp3) is 0.333. The molecule has 1 amide bonds. The lowest BCUT2D eigenvalue weighted by Crippen LogP contribution is -2.29. The number of nitrogens with zero attached hydrogens (tertiary/aromatic N) is 2. The topological polar surface area (TPSA) is 57.3 Å². The van der Waals surface area contributed by atoms with Gasteiger partial charge in [-0.15, -0.1) is 0 Å². The SMILES string of the molecule is Cc1cccc(C(=O)Nc2cc(Cl)cnc2N2CCCNCC2)c1. The van der Waals surface area contributed by atoms with E-state index in [1.807, 2.05) is 25.1 Å². The van der Waals surface area contributed by atoms with Crippen molar-refractivity contribution in [2.75, 3.05) is 36.4 Å². The summed E-state index contributed by atoms with van der Waals surface area (Å²) in [6.45, 7) is 5.61. The first-order valence-corrected chi connectivity index (χ1v) is 8.50. The molecule has 0 aliphatic carbocycles. The number of anilines is 2. The van der Waals surface area contributed by atoms with Gasteiger partial charge in [-0.1, -0.05) is 29.3 Å². The zero-order valence-corrected chi connectivity index (χ0v) is 14.4. The molecule has 2 N–H and O–H groups in total. The number of carbonyl (C=O) groups excluding carboxylic acids is 1. The second kappa shape index (κ2) is 7.64. The summed E-state index contributed by atoms with van der Waals surface area (Å²) >= 11 is 6.10. The van der Waals surface area contributed by atoms with Crippen LogP contribution in [0.1, 0.15) is 22.3 Å². The highest BCUT2D eigenvalue weighted by Crippen LogP contribution is 2.27. The maximum atomic E-state index is 12.6. The Kier molecular flexibility index (Phi) is 5.33. The summed E-state index contributed by atoms with van der Waals surface area (Å²) in [7, 11) is 0. The Morgan fingerprint density at radius 1 is 1.29 bits per heavy atom. The number of benzene rings is 1. The van der Waals surface area contributed by atoms with E-state index in [0.717, 1.165) is 44.0 Å². The molecule has 1 aromatic carbocycles. The summed E-state index contributed by atoms with van der Waals surface area (Å²) in [5.74, 6) is 0.612. The minimum absolute atomic E-state index is 0.156. The lowest BCUT2D eigenvalue weighted by Gasteiger charge is -2.24. The summed E-state index contributed by atoms with van der Waals surface area (Å²) < 4.78 is 0. The minimum Gasteiger partial charge on any atom is -0.354 e. The molecule has 5 nitrogen and oxygen atoms in total. The maximum absolute atomic E-state index is 12.6. The summed E-state index contributed by atoms with van der Waals surface area (Å²) in [6.07, 6.45) is 2.66. The summed E-state index contributed by atoms with van der Waals surface area (Å²) in [4.78, 5) is 19.2. The van der Waals surface area contributed by atoms with E-state index >= 15 is 0 Å². The number of nitrogens with one attached hydrogen (secondary N) is 2. The Balaban J connectivity index is 1.86. The number of amides is 1. The Morgan fingerprint density at radius 2 is 2.17 bits per heavy atom. The van der Waals surface area contributed by atoms with Crippen molar-refractivity contribution in [3.8, 4) is 0 Å². The van der Waals surface area contributed by atoms with Crippen LogP contribution in [0.4, 0.5) is 11.5 Å². The molecular weight excluding hydrogens is 324 g/mol. The fourth-order valence-corrected chi connectivity index (χ4v) is 2.97. The average Bonchev–Trinajstić information content (AvgIpc) is 2.84. The third-order valence-corrected chi connectivity index (χ3v) is 4.21. The number of rotatable bonds is 3. The molecule has 0 bridgehead atoms. The Bertz CT molecular complexity index is 727. The predicted octanol–water partition coefficient (Wildman–Crippen LogP) is 3.10. The molecule has 3 rings (SSSR count). The standard InChI is InChI=1S/C18H21ClN4O/c1-13-4-2-5-14(10-13)18(24)22-16-11-15(19)12-21-17(16)23-8-3-6-20-7-9-23/h2,4-5,10-12,20H,3,6-9H2,1H3,(H,22,24). The Labute approximate surface area is 147 Å². The lowest BCUT2D eigenvalue weighted by atomic mass is 10.1. The van der Waals surface area contributed by atoms with Gasteiger partial charge >= 0.3 is 0 Å². The van der Waals surface area contributed by atoms with Crippen molar-refractivity contribution in [1.29, 1.82) is 0 Å². The molecule has 0 spiro atoms. The molecule has 126 valence electrons. The highest BCUT2D eigenvalue weighted by atomic mass is 35.5. The van der Waals surface area contributed by atoms with Gasteiger partial charge in [-0.05, 0) is 38.1 Å². The van der Waals surface area contributed by atoms with Crippen molar-refractivity contribution >= 4 is 29.0 Å². The largest absolute Gasteiger partial charge is 0.354 e. The van der Waals surface area contributed by atoms with Crippen molar-refractivity contribution in [2.24, 2.45) is 0 Å². The van der Waals surface area contributed by atoms with Crippen LogP contribution in [0.2, 0.25) is 5.02 Å². The number of hydrogen-bond donors (Lipinski definition) is 2. The number of halogens is 1. The van der Waals surface area contributed by atoms with Gasteiger partial charge in [0.1, 0.15) is 0 Å². The van der Waals surface area contributed by atoms with Gasteiger partial charge in [-0.25, -0.2) is 4.98 Å². The molecule has 24 heavy (non-hydrogen) atoms. The molecule has 1 aliphatic rings. The molecule has 2 heterocycles. The lowest BCUT2D eigenvalue weighted by molar-refractivity contribution is 0.102. The highest BCUT2D eigenvalue weighted by molar-refractivity contribution is 6.31. The number of aryl methyl sites for hydroxylation is 1. The predicted molar refractivity (Wildman–Crippen MR) is 98.1 cm³/mol. The second-order valence-corrected chi connectivity index (χ2v) is 6.38. The van der Waals surface area contributed by atoms with Gasteiger partial charge in [0.25, 0.3) is 5.91 Å².